The predicted molar refractivity (Wildman–Crippen MR) is 82.7 cm³/mol. The zero-order valence-electron chi connectivity index (χ0n) is 12.5. The van der Waals surface area contributed by atoms with Gasteiger partial charge in [-0.05, 0) is 0 Å². The summed E-state index contributed by atoms with van der Waals surface area (Å²) in [6.45, 7) is 0.166. The summed E-state index contributed by atoms with van der Waals surface area (Å²) in [6, 6.07) is 0. The average molecular weight is 382 g/mol. The normalized spacial score (nSPS) is 16.8. The highest BCUT2D eigenvalue weighted by Crippen LogP contribution is 2.59. The summed E-state index contributed by atoms with van der Waals surface area (Å²) in [5.74, 6) is 0.109. The van der Waals surface area contributed by atoms with E-state index < -0.39 is 21.8 Å². The summed E-state index contributed by atoms with van der Waals surface area (Å²) in [7, 11) is -8.17. The number of phosphoric acid groups is 1. The molecule has 0 aromatic carbocycles. The van der Waals surface area contributed by atoms with Crippen molar-refractivity contribution in [2.75, 3.05) is 31.5 Å². The molecular formula is C9H16N6O7P2. The molecule has 0 amide bonds. The number of rotatable bonds is 8. The first-order valence-electron chi connectivity index (χ1n) is 6.37. The molecule has 24 heavy (non-hydrogen) atoms. The summed E-state index contributed by atoms with van der Waals surface area (Å²) < 4.78 is 37.4. The fraction of sp³-hybridized carbons (Fsp3) is 0.444. The van der Waals surface area contributed by atoms with Gasteiger partial charge in [-0.2, -0.15) is 9.97 Å². The number of hydrogen-bond acceptors (Lipinski definition) is 10. The SMILES string of the molecule is COP(=O)(O)OP(=O)(O)COCCn1cnc2c(N)nc(N)nc21. The zero-order chi connectivity index (χ0) is 18.0. The second kappa shape index (κ2) is 7.11. The third-order valence-corrected chi connectivity index (χ3v) is 5.52. The van der Waals surface area contributed by atoms with Crippen LogP contribution in [0.1, 0.15) is 0 Å². The van der Waals surface area contributed by atoms with Crippen molar-refractivity contribution in [1.29, 1.82) is 0 Å². The number of hydrogen-bond donors (Lipinski definition) is 4. The number of anilines is 2. The first-order chi connectivity index (χ1) is 11.1. The van der Waals surface area contributed by atoms with E-state index in [1.54, 1.807) is 4.57 Å². The van der Waals surface area contributed by atoms with Gasteiger partial charge in [-0.25, -0.2) is 13.9 Å². The summed E-state index contributed by atoms with van der Waals surface area (Å²) in [6.07, 6.45) is 0.632. The molecule has 2 aromatic heterocycles. The highest BCUT2D eigenvalue weighted by atomic mass is 31.3. The molecule has 134 valence electrons. The Labute approximate surface area is 135 Å². The Hall–Kier alpha value is -1.59. The van der Waals surface area contributed by atoms with Crippen molar-refractivity contribution < 1.29 is 32.5 Å². The Balaban J connectivity index is 1.93. The molecule has 0 aliphatic heterocycles. The van der Waals surface area contributed by atoms with Gasteiger partial charge in [0.2, 0.25) is 5.95 Å². The lowest BCUT2D eigenvalue weighted by atomic mass is 10.5. The van der Waals surface area contributed by atoms with Crippen molar-refractivity contribution in [2.24, 2.45) is 0 Å². The summed E-state index contributed by atoms with van der Waals surface area (Å²) in [5.41, 5.74) is 11.9. The molecule has 2 aromatic rings. The smallest absolute Gasteiger partial charge is 0.382 e. The topological polar surface area (TPSA) is 198 Å². The summed E-state index contributed by atoms with van der Waals surface area (Å²) in [5, 5.41) is 0. The first kappa shape index (κ1) is 18.7. The largest absolute Gasteiger partial charge is 0.479 e. The highest BCUT2D eigenvalue weighted by Gasteiger charge is 2.32. The number of nitrogens with two attached hydrogens (primary N) is 2. The van der Waals surface area contributed by atoms with Crippen LogP contribution in [0, 0.1) is 0 Å². The lowest BCUT2D eigenvalue weighted by Crippen LogP contribution is -2.08. The molecule has 2 rings (SSSR count). The average Bonchev–Trinajstić information content (AvgIpc) is 2.86. The van der Waals surface area contributed by atoms with Crippen LogP contribution in [0.4, 0.5) is 11.8 Å². The summed E-state index contributed by atoms with van der Waals surface area (Å²) >= 11 is 0. The van der Waals surface area contributed by atoms with Crippen LogP contribution in [0.2, 0.25) is 0 Å². The van der Waals surface area contributed by atoms with Gasteiger partial charge in [0, 0.05) is 13.7 Å². The molecule has 0 saturated heterocycles. The fourth-order valence-electron chi connectivity index (χ4n) is 1.71. The molecule has 0 fully saturated rings. The molecule has 2 atom stereocenters. The van der Waals surface area contributed by atoms with Gasteiger partial charge in [0.05, 0.1) is 12.9 Å². The maximum absolute atomic E-state index is 11.6. The van der Waals surface area contributed by atoms with E-state index in [-0.39, 0.29) is 24.9 Å². The minimum Gasteiger partial charge on any atom is -0.382 e. The van der Waals surface area contributed by atoms with Crippen LogP contribution in [0.25, 0.3) is 11.2 Å². The third-order valence-electron chi connectivity index (χ3n) is 2.70. The van der Waals surface area contributed by atoms with E-state index in [1.807, 2.05) is 0 Å². The van der Waals surface area contributed by atoms with Gasteiger partial charge in [-0.15, -0.1) is 0 Å². The number of aromatic nitrogens is 4. The molecule has 0 spiro atoms. The van der Waals surface area contributed by atoms with Crippen molar-refractivity contribution in [3.05, 3.63) is 6.33 Å². The van der Waals surface area contributed by atoms with Crippen molar-refractivity contribution in [1.82, 2.24) is 19.5 Å². The van der Waals surface area contributed by atoms with Crippen molar-refractivity contribution in [3.63, 3.8) is 0 Å². The molecule has 0 radical (unpaired) electrons. The fourth-order valence-corrected chi connectivity index (χ4v) is 3.81. The van der Waals surface area contributed by atoms with Crippen molar-refractivity contribution >= 4 is 38.3 Å². The van der Waals surface area contributed by atoms with Crippen LogP contribution in [0.15, 0.2) is 6.33 Å². The predicted octanol–water partition coefficient (Wildman–Crippen LogP) is -0.0864. The molecule has 2 unspecified atom stereocenters. The van der Waals surface area contributed by atoms with E-state index in [2.05, 4.69) is 23.8 Å². The quantitative estimate of drug-likeness (QED) is 0.350. The molecule has 2 heterocycles. The number of nitrogen functional groups attached to an aromatic ring is 2. The third kappa shape index (κ3) is 4.71. The minimum atomic E-state index is -4.59. The van der Waals surface area contributed by atoms with E-state index in [4.69, 9.17) is 21.1 Å². The molecule has 0 aliphatic rings. The second-order valence-corrected chi connectivity index (χ2v) is 7.97. The van der Waals surface area contributed by atoms with E-state index in [0.29, 0.717) is 11.2 Å². The van der Waals surface area contributed by atoms with Gasteiger partial charge in [-0.3, -0.25) is 9.09 Å². The van der Waals surface area contributed by atoms with Crippen molar-refractivity contribution in [2.45, 2.75) is 6.54 Å². The van der Waals surface area contributed by atoms with Crippen LogP contribution in [-0.4, -0.2) is 49.4 Å². The second-order valence-electron chi connectivity index (χ2n) is 4.48. The summed E-state index contributed by atoms with van der Waals surface area (Å²) in [4.78, 5) is 30.2. The number of ether oxygens (including phenoxy) is 1. The van der Waals surface area contributed by atoms with Crippen LogP contribution < -0.4 is 11.5 Å². The monoisotopic (exact) mass is 382 g/mol. The Kier molecular flexibility index (Phi) is 5.56. The van der Waals surface area contributed by atoms with E-state index in [0.717, 1.165) is 7.11 Å². The van der Waals surface area contributed by atoms with Crippen LogP contribution >= 0.6 is 15.4 Å². The Morgan fingerprint density at radius 1 is 1.29 bits per heavy atom. The maximum atomic E-state index is 11.6. The van der Waals surface area contributed by atoms with E-state index >= 15 is 0 Å². The molecule has 15 heteroatoms. The molecule has 13 nitrogen and oxygen atoms in total. The van der Waals surface area contributed by atoms with Crippen LogP contribution in [0.3, 0.4) is 0 Å². The van der Waals surface area contributed by atoms with Gasteiger partial charge >= 0.3 is 15.4 Å². The number of fused-ring (bicyclic) bond motifs is 1. The number of imidazole rings is 1. The zero-order valence-corrected chi connectivity index (χ0v) is 14.3. The minimum absolute atomic E-state index is 0.0193. The molecule has 0 bridgehead atoms. The number of nitrogens with zero attached hydrogens (tertiary/aromatic N) is 4. The van der Waals surface area contributed by atoms with Crippen molar-refractivity contribution in [3.8, 4) is 0 Å². The first-order valence-corrected chi connectivity index (χ1v) is 9.62. The molecule has 0 aliphatic carbocycles. The van der Waals surface area contributed by atoms with Gasteiger partial charge < -0.3 is 30.6 Å². The molecule has 0 saturated carbocycles. The van der Waals surface area contributed by atoms with Gasteiger partial charge in [0.1, 0.15) is 11.9 Å². The van der Waals surface area contributed by atoms with Gasteiger partial charge in [0.25, 0.3) is 0 Å². The molecular weight excluding hydrogens is 366 g/mol. The van der Waals surface area contributed by atoms with Gasteiger partial charge in [-0.1, -0.05) is 0 Å². The Bertz CT molecular complexity index is 826. The highest BCUT2D eigenvalue weighted by molar-refractivity contribution is 7.63. The Morgan fingerprint density at radius 3 is 2.67 bits per heavy atom. The Morgan fingerprint density at radius 2 is 2.00 bits per heavy atom. The lowest BCUT2D eigenvalue weighted by Gasteiger charge is -2.14. The number of phosphoric ester groups is 1. The standard InChI is InChI=1S/C9H16N6O7P2/c1-20-24(18,19)22-23(16,17)5-21-3-2-15-4-12-6-7(10)13-9(11)14-8(6)15/h4H,2-3,5H2,1H3,(H,16,17)(H,18,19)(H4,10,11,13,14). The lowest BCUT2D eigenvalue weighted by molar-refractivity contribution is 0.144. The van der Waals surface area contributed by atoms with Gasteiger partial charge in [0.15, 0.2) is 11.5 Å². The van der Waals surface area contributed by atoms with E-state index in [1.165, 1.54) is 6.33 Å². The van der Waals surface area contributed by atoms with E-state index in [9.17, 15) is 14.0 Å². The maximum Gasteiger partial charge on any atom is 0.479 e. The molecule has 6 N–H and O–H groups in total. The van der Waals surface area contributed by atoms with Crippen LogP contribution in [0.5, 0.6) is 0 Å². The van der Waals surface area contributed by atoms with Crippen LogP contribution in [-0.2, 0) is 29.2 Å².